The normalized spacial score (nSPS) is 11.2. The summed E-state index contributed by atoms with van der Waals surface area (Å²) in [7, 11) is 0. The molecule has 0 aliphatic heterocycles. The van der Waals surface area contributed by atoms with Crippen LogP contribution in [0.3, 0.4) is 0 Å². The molecule has 0 saturated heterocycles. The summed E-state index contributed by atoms with van der Waals surface area (Å²) in [5, 5.41) is 7.93. The van der Waals surface area contributed by atoms with Gasteiger partial charge in [-0.15, -0.1) is 0 Å². The number of benzene rings is 1. The average Bonchev–Trinajstić information content (AvgIpc) is 2.77. The maximum atomic E-state index is 4.44. The molecule has 0 amide bonds. The minimum Gasteiger partial charge on any atom is -0.310 e. The van der Waals surface area contributed by atoms with E-state index in [1.807, 2.05) is 10.9 Å². The molecular weight excluding hydrogens is 234 g/mol. The molecule has 19 heavy (non-hydrogen) atoms. The van der Waals surface area contributed by atoms with Gasteiger partial charge in [0.15, 0.2) is 0 Å². The van der Waals surface area contributed by atoms with Gasteiger partial charge in [-0.25, -0.2) is 0 Å². The molecule has 0 radical (unpaired) electrons. The van der Waals surface area contributed by atoms with Crippen LogP contribution in [0.5, 0.6) is 0 Å². The first-order chi connectivity index (χ1) is 9.13. The zero-order chi connectivity index (χ0) is 13.8. The Labute approximate surface area is 115 Å². The lowest BCUT2D eigenvalue weighted by molar-refractivity contribution is 0.589. The van der Waals surface area contributed by atoms with Crippen molar-refractivity contribution in [2.75, 3.05) is 0 Å². The molecule has 1 aromatic heterocycles. The van der Waals surface area contributed by atoms with Gasteiger partial charge in [0.05, 0.1) is 6.20 Å². The molecule has 0 spiro atoms. The topological polar surface area (TPSA) is 29.9 Å². The third-order valence-corrected chi connectivity index (χ3v) is 3.41. The number of aromatic nitrogens is 2. The first-order valence-electron chi connectivity index (χ1n) is 6.97. The molecule has 0 saturated carbocycles. The van der Waals surface area contributed by atoms with E-state index in [2.05, 4.69) is 62.4 Å². The summed E-state index contributed by atoms with van der Waals surface area (Å²) >= 11 is 0. The third-order valence-electron chi connectivity index (χ3n) is 3.41. The van der Waals surface area contributed by atoms with Crippen LogP contribution in [0.15, 0.2) is 30.5 Å². The number of hydrogen-bond acceptors (Lipinski definition) is 2. The minimum atomic E-state index is 0.493. The summed E-state index contributed by atoms with van der Waals surface area (Å²) in [6.45, 7) is 10.4. The number of nitrogens with one attached hydrogen (secondary N) is 1. The van der Waals surface area contributed by atoms with Gasteiger partial charge in [-0.05, 0) is 25.0 Å². The van der Waals surface area contributed by atoms with Crippen molar-refractivity contribution < 1.29 is 0 Å². The lowest BCUT2D eigenvalue weighted by Gasteiger charge is -2.12. The van der Waals surface area contributed by atoms with Gasteiger partial charge < -0.3 is 5.32 Å². The highest BCUT2D eigenvalue weighted by molar-refractivity contribution is 5.68. The average molecular weight is 257 g/mol. The van der Waals surface area contributed by atoms with Crippen LogP contribution in [-0.4, -0.2) is 15.8 Å². The van der Waals surface area contributed by atoms with Gasteiger partial charge in [0, 0.05) is 30.4 Å². The molecule has 0 fully saturated rings. The Morgan fingerprint density at radius 1 is 1.21 bits per heavy atom. The van der Waals surface area contributed by atoms with Gasteiger partial charge in [0.2, 0.25) is 0 Å². The maximum Gasteiger partial charge on any atom is 0.0571 e. The summed E-state index contributed by atoms with van der Waals surface area (Å²) in [6, 6.07) is 9.05. The Morgan fingerprint density at radius 3 is 2.58 bits per heavy atom. The van der Waals surface area contributed by atoms with Crippen LogP contribution in [0.25, 0.3) is 11.1 Å². The Hall–Kier alpha value is -1.61. The first-order valence-corrected chi connectivity index (χ1v) is 6.97. The van der Waals surface area contributed by atoms with Gasteiger partial charge in [0.1, 0.15) is 0 Å². The minimum absolute atomic E-state index is 0.493. The van der Waals surface area contributed by atoms with E-state index in [-0.39, 0.29) is 0 Å². The van der Waals surface area contributed by atoms with Crippen molar-refractivity contribution in [3.8, 4) is 11.1 Å². The van der Waals surface area contributed by atoms with E-state index >= 15 is 0 Å². The first kappa shape index (κ1) is 13.8. The van der Waals surface area contributed by atoms with Crippen LogP contribution in [0.4, 0.5) is 0 Å². The molecule has 0 bridgehead atoms. The van der Waals surface area contributed by atoms with Crippen molar-refractivity contribution in [3.05, 3.63) is 41.7 Å². The van der Waals surface area contributed by atoms with E-state index in [1.54, 1.807) is 0 Å². The molecule has 1 aromatic carbocycles. The Bertz CT molecular complexity index is 541. The molecule has 1 heterocycles. The highest BCUT2D eigenvalue weighted by Gasteiger charge is 2.11. The van der Waals surface area contributed by atoms with Gasteiger partial charge >= 0.3 is 0 Å². The fourth-order valence-electron chi connectivity index (χ4n) is 2.28. The van der Waals surface area contributed by atoms with Gasteiger partial charge in [-0.1, -0.05) is 38.1 Å². The van der Waals surface area contributed by atoms with E-state index in [0.29, 0.717) is 6.04 Å². The Kier molecular flexibility index (Phi) is 4.38. The highest BCUT2D eigenvalue weighted by Crippen LogP contribution is 2.26. The van der Waals surface area contributed by atoms with Crippen molar-refractivity contribution in [2.24, 2.45) is 0 Å². The second-order valence-corrected chi connectivity index (χ2v) is 5.15. The summed E-state index contributed by atoms with van der Waals surface area (Å²) in [4.78, 5) is 0. The van der Waals surface area contributed by atoms with Crippen molar-refractivity contribution in [1.29, 1.82) is 0 Å². The van der Waals surface area contributed by atoms with Crippen molar-refractivity contribution in [2.45, 2.75) is 46.8 Å². The summed E-state index contributed by atoms with van der Waals surface area (Å²) < 4.78 is 2.04. The maximum absolute atomic E-state index is 4.44. The van der Waals surface area contributed by atoms with Gasteiger partial charge in [-0.3, -0.25) is 4.68 Å². The predicted octanol–water partition coefficient (Wildman–Crippen LogP) is 3.38. The van der Waals surface area contributed by atoms with Crippen molar-refractivity contribution in [1.82, 2.24) is 15.1 Å². The summed E-state index contributed by atoms with van der Waals surface area (Å²) in [5.41, 5.74) is 5.09. The molecule has 0 aliphatic rings. The Morgan fingerprint density at radius 2 is 1.95 bits per heavy atom. The van der Waals surface area contributed by atoms with Crippen molar-refractivity contribution >= 4 is 0 Å². The van der Waals surface area contributed by atoms with E-state index in [4.69, 9.17) is 0 Å². The predicted molar refractivity (Wildman–Crippen MR) is 80.0 cm³/mol. The smallest absolute Gasteiger partial charge is 0.0571 e. The van der Waals surface area contributed by atoms with Crippen LogP contribution in [0.1, 0.15) is 32.0 Å². The molecule has 1 N–H and O–H groups in total. The third kappa shape index (κ3) is 3.04. The van der Waals surface area contributed by atoms with E-state index in [9.17, 15) is 0 Å². The fraction of sp³-hybridized carbons (Fsp3) is 0.438. The molecule has 0 atom stereocenters. The zero-order valence-corrected chi connectivity index (χ0v) is 12.3. The van der Waals surface area contributed by atoms with Crippen LogP contribution in [-0.2, 0) is 13.1 Å². The lowest BCUT2D eigenvalue weighted by Crippen LogP contribution is -2.22. The SMILES string of the molecule is CCn1ncc(-c2ccccc2CNC(C)C)c1C. The number of hydrogen-bond donors (Lipinski definition) is 1. The largest absolute Gasteiger partial charge is 0.310 e. The Balaban J connectivity index is 2.35. The van der Waals surface area contributed by atoms with Crippen LogP contribution < -0.4 is 5.32 Å². The number of rotatable bonds is 5. The van der Waals surface area contributed by atoms with Gasteiger partial charge in [-0.2, -0.15) is 5.10 Å². The summed E-state index contributed by atoms with van der Waals surface area (Å²) in [6.07, 6.45) is 1.98. The lowest BCUT2D eigenvalue weighted by atomic mass is 10.00. The highest BCUT2D eigenvalue weighted by atomic mass is 15.3. The van der Waals surface area contributed by atoms with Crippen LogP contribution in [0, 0.1) is 6.92 Å². The molecule has 2 rings (SSSR count). The standard InChI is InChI=1S/C16H23N3/c1-5-19-13(4)16(11-18-19)15-9-7-6-8-14(15)10-17-12(2)3/h6-9,11-12,17H,5,10H2,1-4H3. The molecule has 3 nitrogen and oxygen atoms in total. The summed E-state index contributed by atoms with van der Waals surface area (Å²) in [5.74, 6) is 0. The monoisotopic (exact) mass is 257 g/mol. The molecule has 0 aliphatic carbocycles. The number of nitrogens with zero attached hydrogens (tertiary/aromatic N) is 2. The number of aryl methyl sites for hydroxylation is 1. The quantitative estimate of drug-likeness (QED) is 0.890. The van der Waals surface area contributed by atoms with Gasteiger partial charge in [0.25, 0.3) is 0 Å². The second-order valence-electron chi connectivity index (χ2n) is 5.15. The van der Waals surface area contributed by atoms with E-state index in [0.717, 1.165) is 13.1 Å². The molecule has 2 aromatic rings. The second kappa shape index (κ2) is 6.02. The molecule has 0 unspecified atom stereocenters. The zero-order valence-electron chi connectivity index (χ0n) is 12.3. The fourth-order valence-corrected chi connectivity index (χ4v) is 2.28. The van der Waals surface area contributed by atoms with Crippen LogP contribution in [0.2, 0.25) is 0 Å². The van der Waals surface area contributed by atoms with Crippen molar-refractivity contribution in [3.63, 3.8) is 0 Å². The van der Waals surface area contributed by atoms with E-state index < -0.39 is 0 Å². The molecule has 102 valence electrons. The molecular formula is C16H23N3. The molecule has 3 heteroatoms. The van der Waals surface area contributed by atoms with E-state index in [1.165, 1.54) is 22.4 Å². The van der Waals surface area contributed by atoms with Crippen LogP contribution >= 0.6 is 0 Å².